The topological polar surface area (TPSA) is 61.8 Å². The van der Waals surface area contributed by atoms with Crippen molar-refractivity contribution in [3.8, 4) is 5.75 Å². The van der Waals surface area contributed by atoms with Crippen molar-refractivity contribution in [2.24, 2.45) is 0 Å². The zero-order chi connectivity index (χ0) is 16.5. The Kier molecular flexibility index (Phi) is 4.46. The number of fused-ring (bicyclic) bond motifs is 2. The number of carbonyl (C=O) groups excluding carboxylic acids is 1. The van der Waals surface area contributed by atoms with Crippen LogP contribution in [0.25, 0.3) is 0 Å². The van der Waals surface area contributed by atoms with Gasteiger partial charge in [0, 0.05) is 19.1 Å². The number of nitrogens with one attached hydrogen (secondary N) is 1. The Labute approximate surface area is 143 Å². The number of hydrogen-bond donors (Lipinski definition) is 2. The number of phenols is 1. The highest BCUT2D eigenvalue weighted by molar-refractivity contribution is 5.97. The van der Waals surface area contributed by atoms with E-state index in [2.05, 4.69) is 10.2 Å². The van der Waals surface area contributed by atoms with E-state index in [1.54, 1.807) is 6.07 Å². The van der Waals surface area contributed by atoms with Gasteiger partial charge in [0.25, 0.3) is 5.91 Å². The molecule has 130 valence electrons. The molecule has 0 aromatic heterocycles. The van der Waals surface area contributed by atoms with Crippen LogP contribution in [0, 0.1) is 0 Å². The van der Waals surface area contributed by atoms with Crippen LogP contribution in [0.1, 0.15) is 47.2 Å². The molecule has 5 heteroatoms. The molecule has 3 aliphatic rings. The number of phenolic OH excluding ortho intramolecular Hbond substituents is 1. The van der Waals surface area contributed by atoms with E-state index < -0.39 is 0 Å². The van der Waals surface area contributed by atoms with Crippen LogP contribution in [0.15, 0.2) is 12.1 Å². The summed E-state index contributed by atoms with van der Waals surface area (Å²) in [4.78, 5) is 15.0. The van der Waals surface area contributed by atoms with Gasteiger partial charge in [-0.1, -0.05) is 0 Å². The Morgan fingerprint density at radius 3 is 2.88 bits per heavy atom. The molecule has 0 spiro atoms. The average Bonchev–Trinajstić information content (AvgIpc) is 3.06. The van der Waals surface area contributed by atoms with Crippen LogP contribution in [0.4, 0.5) is 0 Å². The maximum Gasteiger partial charge on any atom is 0.255 e. The molecule has 2 unspecified atom stereocenters. The predicted octanol–water partition coefficient (Wildman–Crippen LogP) is 1.86. The number of amides is 1. The first kappa shape index (κ1) is 15.9. The summed E-state index contributed by atoms with van der Waals surface area (Å²) >= 11 is 0. The van der Waals surface area contributed by atoms with E-state index in [1.165, 1.54) is 24.0 Å². The van der Waals surface area contributed by atoms with Gasteiger partial charge in [-0.05, 0) is 68.3 Å². The van der Waals surface area contributed by atoms with Gasteiger partial charge in [0.1, 0.15) is 5.75 Å². The third kappa shape index (κ3) is 3.15. The summed E-state index contributed by atoms with van der Waals surface area (Å²) < 4.78 is 5.88. The molecule has 2 N–H and O–H groups in total. The number of carbonyl (C=O) groups is 1. The van der Waals surface area contributed by atoms with Gasteiger partial charge in [0.15, 0.2) is 0 Å². The van der Waals surface area contributed by atoms with Crippen LogP contribution >= 0.6 is 0 Å². The van der Waals surface area contributed by atoms with Crippen LogP contribution in [0.3, 0.4) is 0 Å². The van der Waals surface area contributed by atoms with Crippen molar-refractivity contribution in [3.05, 3.63) is 28.8 Å². The second kappa shape index (κ2) is 6.73. The van der Waals surface area contributed by atoms with Crippen LogP contribution in [-0.4, -0.2) is 54.3 Å². The van der Waals surface area contributed by atoms with E-state index in [0.29, 0.717) is 18.2 Å². The molecule has 1 aromatic rings. The first-order valence-corrected chi connectivity index (χ1v) is 9.19. The fourth-order valence-electron chi connectivity index (χ4n) is 4.27. The lowest BCUT2D eigenvalue weighted by Crippen LogP contribution is -2.50. The predicted molar refractivity (Wildman–Crippen MR) is 91.4 cm³/mol. The molecular formula is C19H26N2O3. The summed E-state index contributed by atoms with van der Waals surface area (Å²) in [5, 5.41) is 13.1. The molecule has 2 atom stereocenters. The molecule has 0 bridgehead atoms. The van der Waals surface area contributed by atoms with Gasteiger partial charge in [0.05, 0.1) is 18.3 Å². The summed E-state index contributed by atoms with van der Waals surface area (Å²) in [6.07, 6.45) is 6.83. The highest BCUT2D eigenvalue weighted by atomic mass is 16.5. The number of ether oxygens (including phenoxy) is 1. The number of hydrogen-bond acceptors (Lipinski definition) is 4. The summed E-state index contributed by atoms with van der Waals surface area (Å²) in [5.41, 5.74) is 2.79. The first-order chi connectivity index (χ1) is 11.7. The normalized spacial score (nSPS) is 26.7. The third-order valence-corrected chi connectivity index (χ3v) is 5.66. The van der Waals surface area contributed by atoms with Gasteiger partial charge in [-0.15, -0.1) is 0 Å². The number of morpholine rings is 1. The molecule has 1 aliphatic carbocycles. The molecule has 5 nitrogen and oxygen atoms in total. The molecule has 2 heterocycles. The summed E-state index contributed by atoms with van der Waals surface area (Å²) in [7, 11) is 0. The molecular weight excluding hydrogens is 304 g/mol. The monoisotopic (exact) mass is 330 g/mol. The van der Waals surface area contributed by atoms with Crippen molar-refractivity contribution in [1.29, 1.82) is 0 Å². The van der Waals surface area contributed by atoms with Gasteiger partial charge in [-0.2, -0.15) is 0 Å². The molecule has 24 heavy (non-hydrogen) atoms. The van der Waals surface area contributed by atoms with Gasteiger partial charge in [-0.3, -0.25) is 9.69 Å². The highest BCUT2D eigenvalue weighted by Crippen LogP contribution is 2.28. The van der Waals surface area contributed by atoms with Crippen LogP contribution in [0.2, 0.25) is 0 Å². The smallest absolute Gasteiger partial charge is 0.255 e. The van der Waals surface area contributed by atoms with E-state index in [0.717, 1.165) is 45.4 Å². The molecule has 0 saturated carbocycles. The van der Waals surface area contributed by atoms with Gasteiger partial charge < -0.3 is 15.2 Å². The second-order valence-electron chi connectivity index (χ2n) is 7.30. The zero-order valence-corrected chi connectivity index (χ0v) is 14.1. The van der Waals surface area contributed by atoms with E-state index in [1.807, 2.05) is 6.07 Å². The fourth-order valence-corrected chi connectivity index (χ4v) is 4.27. The van der Waals surface area contributed by atoms with Crippen molar-refractivity contribution in [1.82, 2.24) is 10.2 Å². The zero-order valence-electron chi connectivity index (χ0n) is 14.1. The maximum absolute atomic E-state index is 12.5. The van der Waals surface area contributed by atoms with E-state index in [4.69, 9.17) is 4.74 Å². The molecule has 0 radical (unpaired) electrons. The molecule has 1 aromatic carbocycles. The summed E-state index contributed by atoms with van der Waals surface area (Å²) in [5.74, 6) is -0.106. The van der Waals surface area contributed by atoms with Crippen molar-refractivity contribution >= 4 is 5.91 Å². The summed E-state index contributed by atoms with van der Waals surface area (Å²) in [6, 6.07) is 4.22. The Bertz CT molecular complexity index is 631. The van der Waals surface area contributed by atoms with Gasteiger partial charge in [-0.25, -0.2) is 0 Å². The van der Waals surface area contributed by atoms with Crippen LogP contribution in [0.5, 0.6) is 5.75 Å². The Morgan fingerprint density at radius 1 is 1.25 bits per heavy atom. The lowest BCUT2D eigenvalue weighted by molar-refractivity contribution is -0.0461. The van der Waals surface area contributed by atoms with E-state index in [-0.39, 0.29) is 17.8 Å². The minimum atomic E-state index is -0.201. The number of benzene rings is 1. The average molecular weight is 330 g/mol. The molecule has 2 aliphatic heterocycles. The minimum absolute atomic E-state index is 0.0445. The SMILES string of the molecule is O=C(NCC1CN2CCCC2CO1)c1cc2c(cc1O)CCCC2. The molecule has 4 rings (SSSR count). The lowest BCUT2D eigenvalue weighted by Gasteiger charge is -2.35. The lowest BCUT2D eigenvalue weighted by atomic mass is 9.90. The highest BCUT2D eigenvalue weighted by Gasteiger charge is 2.32. The molecule has 2 saturated heterocycles. The minimum Gasteiger partial charge on any atom is -0.507 e. The van der Waals surface area contributed by atoms with E-state index in [9.17, 15) is 9.90 Å². The van der Waals surface area contributed by atoms with E-state index >= 15 is 0 Å². The van der Waals surface area contributed by atoms with Crippen molar-refractivity contribution in [2.45, 2.75) is 50.7 Å². The van der Waals surface area contributed by atoms with Crippen LogP contribution < -0.4 is 5.32 Å². The second-order valence-corrected chi connectivity index (χ2v) is 7.30. The molecule has 2 fully saturated rings. The Balaban J connectivity index is 1.38. The van der Waals surface area contributed by atoms with Crippen molar-refractivity contribution in [2.75, 3.05) is 26.2 Å². The fraction of sp³-hybridized carbons (Fsp3) is 0.632. The maximum atomic E-state index is 12.5. The molecule has 1 amide bonds. The quantitative estimate of drug-likeness (QED) is 0.888. The number of nitrogens with zero attached hydrogens (tertiary/aromatic N) is 1. The van der Waals surface area contributed by atoms with Crippen LogP contribution in [-0.2, 0) is 17.6 Å². The van der Waals surface area contributed by atoms with Crippen molar-refractivity contribution in [3.63, 3.8) is 0 Å². The Hall–Kier alpha value is -1.59. The Morgan fingerprint density at radius 2 is 2.04 bits per heavy atom. The standard InChI is InChI=1S/C19H26N2O3/c22-18-9-14-5-2-1-4-13(14)8-17(18)19(23)20-10-16-11-21-7-3-6-15(21)12-24-16/h8-9,15-16,22H,1-7,10-12H2,(H,20,23). The first-order valence-electron chi connectivity index (χ1n) is 9.19. The summed E-state index contributed by atoms with van der Waals surface area (Å²) in [6.45, 7) is 3.30. The number of aromatic hydroxyl groups is 1. The third-order valence-electron chi connectivity index (χ3n) is 5.66. The number of aryl methyl sites for hydroxylation is 2. The largest absolute Gasteiger partial charge is 0.507 e. The number of rotatable bonds is 3. The van der Waals surface area contributed by atoms with Gasteiger partial charge in [0.2, 0.25) is 0 Å². The van der Waals surface area contributed by atoms with Crippen molar-refractivity contribution < 1.29 is 14.6 Å². The van der Waals surface area contributed by atoms with Gasteiger partial charge >= 0.3 is 0 Å².